The van der Waals surface area contributed by atoms with Crippen molar-refractivity contribution in [3.8, 4) is 5.75 Å². The first kappa shape index (κ1) is 25.8. The highest BCUT2D eigenvalue weighted by molar-refractivity contribution is 9.10. The summed E-state index contributed by atoms with van der Waals surface area (Å²) in [6.07, 6.45) is 7.96. The molecule has 0 aromatic heterocycles. The van der Waals surface area contributed by atoms with Crippen LogP contribution < -0.4 is 15.0 Å². The average molecular weight is 559 g/mol. The van der Waals surface area contributed by atoms with Crippen LogP contribution in [0.15, 0.2) is 56.7 Å². The molecule has 0 atom stereocenters. The molecule has 2 aliphatic rings. The molecule has 0 spiro atoms. The number of hydrogen-bond acceptors (Lipinski definition) is 5. The van der Waals surface area contributed by atoms with E-state index in [-0.39, 0.29) is 18.4 Å². The van der Waals surface area contributed by atoms with Gasteiger partial charge in [-0.25, -0.2) is 0 Å². The number of amides is 2. The number of methoxy groups -OCH3 is 1. The molecule has 35 heavy (non-hydrogen) atoms. The van der Waals surface area contributed by atoms with Gasteiger partial charge in [0.1, 0.15) is 12.3 Å². The summed E-state index contributed by atoms with van der Waals surface area (Å²) in [7, 11) is 1.62. The second-order valence-electron chi connectivity index (χ2n) is 8.82. The van der Waals surface area contributed by atoms with Crippen molar-refractivity contribution in [3.05, 3.63) is 57.4 Å². The van der Waals surface area contributed by atoms with Crippen LogP contribution in [0.4, 0.5) is 5.69 Å². The van der Waals surface area contributed by atoms with E-state index in [9.17, 15) is 9.59 Å². The average Bonchev–Trinajstić information content (AvgIpc) is 3.13. The first-order valence-corrected chi connectivity index (χ1v) is 13.8. The maximum Gasteiger partial charge on any atom is 0.265 e. The van der Waals surface area contributed by atoms with Crippen LogP contribution in [0.2, 0.25) is 0 Å². The van der Waals surface area contributed by atoms with E-state index in [0.717, 1.165) is 52.4 Å². The van der Waals surface area contributed by atoms with E-state index in [2.05, 4.69) is 26.1 Å². The first-order valence-electron chi connectivity index (χ1n) is 12.2. The Morgan fingerprint density at radius 3 is 2.66 bits per heavy atom. The van der Waals surface area contributed by atoms with Crippen LogP contribution in [-0.4, -0.2) is 56.5 Å². The number of anilines is 1. The summed E-state index contributed by atoms with van der Waals surface area (Å²) < 4.78 is 6.12. The maximum atomic E-state index is 13.4. The molecule has 0 unspecified atom stereocenters. The van der Waals surface area contributed by atoms with E-state index in [1.54, 1.807) is 12.0 Å². The van der Waals surface area contributed by atoms with E-state index in [1.807, 2.05) is 48.5 Å². The molecular formula is C27H32BrN3O3S. The van der Waals surface area contributed by atoms with Crippen molar-refractivity contribution in [2.45, 2.75) is 37.0 Å². The standard InChI is InChI=1S/C27H32BrN3O3S/c1-34-23-12-11-20(17-21(23)28)18-25-27(33)31(22-9-4-5-10-24(22)35-25)19-26(32)29-13-8-16-30-14-6-2-3-7-15-30/h4-5,9-12,17-18H,2-3,6-8,13-16,19H2,1H3,(H,29,32)/b25-18-. The third-order valence-electron chi connectivity index (χ3n) is 6.28. The highest BCUT2D eigenvalue weighted by Gasteiger charge is 2.30. The number of nitrogens with zero attached hydrogens (tertiary/aromatic N) is 2. The number of nitrogens with one attached hydrogen (secondary N) is 1. The summed E-state index contributed by atoms with van der Waals surface area (Å²) in [5.74, 6) is 0.428. The molecule has 4 rings (SSSR count). The molecular weight excluding hydrogens is 526 g/mol. The number of ether oxygens (including phenoxy) is 1. The van der Waals surface area contributed by atoms with Gasteiger partial charge in [-0.2, -0.15) is 0 Å². The van der Waals surface area contributed by atoms with Crippen molar-refractivity contribution >= 4 is 51.3 Å². The minimum absolute atomic E-state index is 0.00374. The maximum absolute atomic E-state index is 13.4. The van der Waals surface area contributed by atoms with Crippen LogP contribution >= 0.6 is 27.7 Å². The van der Waals surface area contributed by atoms with E-state index in [4.69, 9.17) is 4.74 Å². The summed E-state index contributed by atoms with van der Waals surface area (Å²) in [5, 5.41) is 3.02. The van der Waals surface area contributed by atoms with Gasteiger partial charge in [0.25, 0.3) is 5.91 Å². The second-order valence-corrected chi connectivity index (χ2v) is 10.8. The van der Waals surface area contributed by atoms with Crippen LogP contribution in [0.25, 0.3) is 6.08 Å². The summed E-state index contributed by atoms with van der Waals surface area (Å²) in [6, 6.07) is 13.4. The second kappa shape index (κ2) is 12.6. The van der Waals surface area contributed by atoms with Gasteiger partial charge in [-0.1, -0.05) is 42.8 Å². The molecule has 2 amide bonds. The first-order chi connectivity index (χ1) is 17.0. The van der Waals surface area contributed by atoms with Gasteiger partial charge in [0.15, 0.2) is 0 Å². The predicted octanol–water partition coefficient (Wildman–Crippen LogP) is 5.32. The number of likely N-dealkylation sites (tertiary alicyclic amines) is 1. The summed E-state index contributed by atoms with van der Waals surface area (Å²) >= 11 is 4.94. The number of carbonyl (C=O) groups excluding carboxylic acids is 2. The van der Waals surface area contributed by atoms with Crippen molar-refractivity contribution in [2.75, 3.05) is 44.7 Å². The number of carbonyl (C=O) groups is 2. The molecule has 6 nitrogen and oxygen atoms in total. The van der Waals surface area contributed by atoms with E-state index in [1.165, 1.54) is 37.4 Å². The quantitative estimate of drug-likeness (QED) is 0.351. The predicted molar refractivity (Wildman–Crippen MR) is 146 cm³/mol. The van der Waals surface area contributed by atoms with Gasteiger partial charge >= 0.3 is 0 Å². The fraction of sp³-hybridized carbons (Fsp3) is 0.407. The third kappa shape index (κ3) is 6.90. The molecule has 1 fully saturated rings. The van der Waals surface area contributed by atoms with Crippen molar-refractivity contribution in [1.82, 2.24) is 10.2 Å². The number of para-hydroxylation sites is 1. The lowest BCUT2D eigenvalue weighted by Gasteiger charge is -2.30. The third-order valence-corrected chi connectivity index (χ3v) is 7.98. The minimum Gasteiger partial charge on any atom is -0.496 e. The van der Waals surface area contributed by atoms with Gasteiger partial charge < -0.3 is 15.0 Å². The van der Waals surface area contributed by atoms with Crippen LogP contribution in [0.1, 0.15) is 37.7 Å². The number of rotatable bonds is 8. The molecule has 0 bridgehead atoms. The molecule has 0 radical (unpaired) electrons. The molecule has 0 aliphatic carbocycles. The van der Waals surface area contributed by atoms with Crippen LogP contribution in [0, 0.1) is 0 Å². The lowest BCUT2D eigenvalue weighted by atomic mass is 10.2. The van der Waals surface area contributed by atoms with Crippen LogP contribution in [-0.2, 0) is 9.59 Å². The summed E-state index contributed by atoms with van der Waals surface area (Å²) in [6.45, 7) is 3.95. The SMILES string of the molecule is COc1ccc(/C=C2\Sc3ccccc3N(CC(=O)NCCCN3CCCCCC3)C2=O)cc1Br. The number of hydrogen-bond donors (Lipinski definition) is 1. The number of benzene rings is 2. The van der Waals surface area contributed by atoms with E-state index in [0.29, 0.717) is 11.4 Å². The number of halogens is 1. The molecule has 2 aliphatic heterocycles. The summed E-state index contributed by atoms with van der Waals surface area (Å²) in [5.41, 5.74) is 1.65. The Morgan fingerprint density at radius 2 is 1.91 bits per heavy atom. The van der Waals surface area contributed by atoms with Crippen molar-refractivity contribution < 1.29 is 14.3 Å². The number of thioether (sulfide) groups is 1. The minimum atomic E-state index is -0.166. The zero-order chi connectivity index (χ0) is 24.6. The molecule has 1 saturated heterocycles. The van der Waals surface area contributed by atoms with Gasteiger partial charge in [-0.05, 0) is 90.7 Å². The fourth-order valence-electron chi connectivity index (χ4n) is 4.43. The zero-order valence-corrected chi connectivity index (χ0v) is 22.5. The molecule has 2 aromatic rings. The van der Waals surface area contributed by atoms with Gasteiger partial charge in [-0.15, -0.1) is 0 Å². The largest absolute Gasteiger partial charge is 0.496 e. The van der Waals surface area contributed by atoms with Crippen molar-refractivity contribution in [2.24, 2.45) is 0 Å². The van der Waals surface area contributed by atoms with Crippen LogP contribution in [0.5, 0.6) is 5.75 Å². The molecule has 2 heterocycles. The molecule has 186 valence electrons. The Hall–Kier alpha value is -2.29. The Bertz CT molecular complexity index is 1080. The lowest BCUT2D eigenvalue weighted by Crippen LogP contribution is -2.43. The monoisotopic (exact) mass is 557 g/mol. The van der Waals surface area contributed by atoms with Gasteiger partial charge in [-0.3, -0.25) is 14.5 Å². The molecule has 0 saturated carbocycles. The fourth-order valence-corrected chi connectivity index (χ4v) is 6.05. The normalized spacial score (nSPS) is 17.7. The Morgan fingerprint density at radius 1 is 1.14 bits per heavy atom. The van der Waals surface area contributed by atoms with Gasteiger partial charge in [0.05, 0.1) is 22.2 Å². The highest BCUT2D eigenvalue weighted by atomic mass is 79.9. The Labute approximate surface area is 220 Å². The lowest BCUT2D eigenvalue weighted by molar-refractivity contribution is -0.122. The number of fused-ring (bicyclic) bond motifs is 1. The summed E-state index contributed by atoms with van der Waals surface area (Å²) in [4.78, 5) is 31.8. The van der Waals surface area contributed by atoms with E-state index >= 15 is 0 Å². The topological polar surface area (TPSA) is 61.9 Å². The van der Waals surface area contributed by atoms with Crippen molar-refractivity contribution in [3.63, 3.8) is 0 Å². The van der Waals surface area contributed by atoms with Crippen molar-refractivity contribution in [1.29, 1.82) is 0 Å². The zero-order valence-electron chi connectivity index (χ0n) is 20.1. The van der Waals surface area contributed by atoms with Gasteiger partial charge in [0.2, 0.25) is 5.91 Å². The highest BCUT2D eigenvalue weighted by Crippen LogP contribution is 2.42. The van der Waals surface area contributed by atoms with Gasteiger partial charge in [0, 0.05) is 11.4 Å². The van der Waals surface area contributed by atoms with E-state index < -0.39 is 0 Å². The van der Waals surface area contributed by atoms with Crippen LogP contribution in [0.3, 0.4) is 0 Å². The Kier molecular flexibility index (Phi) is 9.29. The molecule has 2 aromatic carbocycles. The smallest absolute Gasteiger partial charge is 0.265 e. The molecule has 1 N–H and O–H groups in total. The Balaban J connectivity index is 1.41. The molecule has 8 heteroatoms.